The fourth-order valence-corrected chi connectivity index (χ4v) is 1.16. The van der Waals surface area contributed by atoms with Gasteiger partial charge in [0.1, 0.15) is 5.65 Å². The molecule has 0 aliphatic carbocycles. The summed E-state index contributed by atoms with van der Waals surface area (Å²) in [6.07, 6.45) is 3.81. The molecule has 0 amide bonds. The van der Waals surface area contributed by atoms with E-state index >= 15 is 0 Å². The number of fused-ring (bicyclic) bond motifs is 1. The minimum Gasteiger partial charge on any atom is -0.346 e. The Hall–Kier alpha value is -1.16. The van der Waals surface area contributed by atoms with Gasteiger partial charge >= 0.3 is 0 Å². The molecule has 0 spiro atoms. The van der Waals surface area contributed by atoms with Crippen molar-refractivity contribution >= 4 is 23.3 Å². The summed E-state index contributed by atoms with van der Waals surface area (Å²) in [6.45, 7) is 4.00. The van der Waals surface area contributed by atoms with Crippen LogP contribution in [-0.4, -0.2) is 14.5 Å². The van der Waals surface area contributed by atoms with Crippen molar-refractivity contribution in [3.05, 3.63) is 23.2 Å². The van der Waals surface area contributed by atoms with E-state index in [2.05, 4.69) is 9.97 Å². The highest BCUT2D eigenvalue weighted by atomic mass is 32.1. The van der Waals surface area contributed by atoms with Crippen LogP contribution in [0.3, 0.4) is 0 Å². The van der Waals surface area contributed by atoms with E-state index < -0.39 is 0 Å². The van der Waals surface area contributed by atoms with Crippen molar-refractivity contribution in [3.8, 4) is 0 Å². The van der Waals surface area contributed by atoms with Crippen LogP contribution in [0.25, 0.3) is 11.0 Å². The lowest BCUT2D eigenvalue weighted by Crippen LogP contribution is -1.93. The van der Waals surface area contributed by atoms with Gasteiger partial charge in [0.25, 0.3) is 0 Å². The van der Waals surface area contributed by atoms with Gasteiger partial charge < -0.3 is 9.55 Å². The molecule has 0 bridgehead atoms. The van der Waals surface area contributed by atoms with Gasteiger partial charge in [-0.05, 0) is 18.3 Å². The van der Waals surface area contributed by atoms with Crippen molar-refractivity contribution in [1.82, 2.24) is 14.5 Å². The number of rotatable bonds is 0. The predicted octanol–water partition coefficient (Wildman–Crippen LogP) is 2.66. The van der Waals surface area contributed by atoms with Crippen molar-refractivity contribution in [1.29, 1.82) is 0 Å². The smallest absolute Gasteiger partial charge is 0.201 e. The molecule has 3 nitrogen and oxygen atoms in total. The number of H-pyrrole nitrogens is 1. The lowest BCUT2D eigenvalue weighted by Gasteiger charge is -1.95. The number of nitrogens with one attached hydrogen (secondary N) is 1. The average molecular weight is 195 g/mol. The molecule has 70 valence electrons. The molecule has 0 saturated heterocycles. The van der Waals surface area contributed by atoms with Crippen LogP contribution >= 0.6 is 12.2 Å². The molecule has 0 saturated carbocycles. The van der Waals surface area contributed by atoms with Crippen LogP contribution < -0.4 is 0 Å². The second-order valence-corrected chi connectivity index (χ2v) is 2.78. The first-order valence-corrected chi connectivity index (χ1v) is 4.69. The van der Waals surface area contributed by atoms with Crippen LogP contribution in [0.15, 0.2) is 18.5 Å². The van der Waals surface area contributed by atoms with Crippen molar-refractivity contribution in [2.75, 3.05) is 0 Å². The van der Waals surface area contributed by atoms with Crippen LogP contribution in [0.4, 0.5) is 0 Å². The zero-order valence-corrected chi connectivity index (χ0v) is 8.85. The third kappa shape index (κ3) is 1.95. The van der Waals surface area contributed by atoms with Crippen LogP contribution in [0.1, 0.15) is 13.8 Å². The maximum absolute atomic E-state index is 4.98. The third-order valence-electron chi connectivity index (χ3n) is 1.60. The molecule has 2 rings (SSSR count). The molecule has 0 aromatic carbocycles. The standard InChI is InChI=1S/C7H7N3S.C2H6/c1-10-4-5-2-3-8-6(5)9-7(10)11;1-2/h2-4H,1H3,(H,8,9,11);1-2H3. The summed E-state index contributed by atoms with van der Waals surface area (Å²) in [5.41, 5.74) is 0.855. The summed E-state index contributed by atoms with van der Waals surface area (Å²) in [7, 11) is 1.89. The van der Waals surface area contributed by atoms with Gasteiger partial charge in [0, 0.05) is 24.8 Å². The first-order chi connectivity index (χ1) is 6.27. The quantitative estimate of drug-likeness (QED) is 0.656. The fraction of sp³-hybridized carbons (Fsp3) is 0.333. The number of hydrogen-bond acceptors (Lipinski definition) is 2. The molecule has 4 heteroatoms. The van der Waals surface area contributed by atoms with Crippen LogP contribution in [-0.2, 0) is 7.05 Å². The molecule has 0 unspecified atom stereocenters. The molecule has 0 radical (unpaired) electrons. The molecule has 2 heterocycles. The van der Waals surface area contributed by atoms with Gasteiger partial charge in [0.2, 0.25) is 4.77 Å². The summed E-state index contributed by atoms with van der Waals surface area (Å²) in [5, 5.41) is 1.08. The topological polar surface area (TPSA) is 33.6 Å². The number of nitrogens with zero attached hydrogens (tertiary/aromatic N) is 2. The van der Waals surface area contributed by atoms with Gasteiger partial charge in [-0.2, -0.15) is 0 Å². The highest BCUT2D eigenvalue weighted by Crippen LogP contribution is 2.06. The van der Waals surface area contributed by atoms with E-state index in [1.165, 1.54) is 0 Å². The van der Waals surface area contributed by atoms with E-state index in [0.29, 0.717) is 4.77 Å². The van der Waals surface area contributed by atoms with E-state index in [1.807, 2.05) is 43.9 Å². The van der Waals surface area contributed by atoms with E-state index in [1.54, 1.807) is 0 Å². The highest BCUT2D eigenvalue weighted by molar-refractivity contribution is 7.71. The van der Waals surface area contributed by atoms with Gasteiger partial charge in [0.15, 0.2) is 0 Å². The van der Waals surface area contributed by atoms with Gasteiger partial charge in [0.05, 0.1) is 0 Å². The molecule has 1 N–H and O–H groups in total. The molecular weight excluding hydrogens is 182 g/mol. The highest BCUT2D eigenvalue weighted by Gasteiger charge is 1.94. The van der Waals surface area contributed by atoms with Crippen LogP contribution in [0.5, 0.6) is 0 Å². The zero-order valence-electron chi connectivity index (χ0n) is 8.03. The first kappa shape index (κ1) is 9.92. The number of hydrogen-bond donors (Lipinski definition) is 1. The maximum atomic E-state index is 4.98. The third-order valence-corrected chi connectivity index (χ3v) is 1.98. The predicted molar refractivity (Wildman–Crippen MR) is 57.2 cm³/mol. The van der Waals surface area contributed by atoms with E-state index in [-0.39, 0.29) is 0 Å². The Bertz CT molecular complexity index is 441. The monoisotopic (exact) mass is 195 g/mol. The van der Waals surface area contributed by atoms with Gasteiger partial charge in [-0.3, -0.25) is 0 Å². The van der Waals surface area contributed by atoms with Crippen molar-refractivity contribution in [2.45, 2.75) is 13.8 Å². The largest absolute Gasteiger partial charge is 0.346 e. The minimum absolute atomic E-state index is 0.597. The van der Waals surface area contributed by atoms with E-state index in [4.69, 9.17) is 12.2 Å². The SMILES string of the molecule is CC.Cn1cc2cc[nH]c2nc1=S. The Morgan fingerprint density at radius 1 is 1.46 bits per heavy atom. The Balaban J connectivity index is 0.000000396. The molecule has 13 heavy (non-hydrogen) atoms. The second kappa shape index (κ2) is 4.18. The van der Waals surface area contributed by atoms with Gasteiger partial charge in [-0.15, -0.1) is 0 Å². The van der Waals surface area contributed by atoms with Crippen molar-refractivity contribution in [2.24, 2.45) is 7.05 Å². The first-order valence-electron chi connectivity index (χ1n) is 4.28. The molecule has 0 aliphatic rings. The van der Waals surface area contributed by atoms with E-state index in [9.17, 15) is 0 Å². The number of aromatic amines is 1. The van der Waals surface area contributed by atoms with Gasteiger partial charge in [-0.25, -0.2) is 4.98 Å². The molecular formula is C9H13N3S. The number of aryl methyl sites for hydroxylation is 1. The Morgan fingerprint density at radius 3 is 2.85 bits per heavy atom. The summed E-state index contributed by atoms with van der Waals surface area (Å²) in [5.74, 6) is 0. The summed E-state index contributed by atoms with van der Waals surface area (Å²) in [4.78, 5) is 7.15. The molecule has 0 atom stereocenters. The average Bonchev–Trinajstić information content (AvgIpc) is 2.56. The van der Waals surface area contributed by atoms with Crippen molar-refractivity contribution in [3.63, 3.8) is 0 Å². The maximum Gasteiger partial charge on any atom is 0.201 e. The Kier molecular flexibility index (Phi) is 3.19. The normalized spacial score (nSPS) is 9.46. The Labute approximate surface area is 82.4 Å². The van der Waals surface area contributed by atoms with Crippen molar-refractivity contribution < 1.29 is 0 Å². The molecule has 0 fully saturated rings. The zero-order chi connectivity index (χ0) is 9.84. The molecule has 0 aliphatic heterocycles. The number of aromatic nitrogens is 3. The summed E-state index contributed by atoms with van der Waals surface area (Å²) in [6, 6.07) is 1.97. The minimum atomic E-state index is 0.597. The molecule has 2 aromatic heterocycles. The lowest BCUT2D eigenvalue weighted by molar-refractivity contribution is 0.859. The Morgan fingerprint density at radius 2 is 2.15 bits per heavy atom. The summed E-state index contributed by atoms with van der Waals surface area (Å²) < 4.78 is 2.42. The lowest BCUT2D eigenvalue weighted by atomic mass is 10.4. The molecule has 2 aromatic rings. The fourth-order valence-electron chi connectivity index (χ4n) is 1.01. The van der Waals surface area contributed by atoms with E-state index in [0.717, 1.165) is 11.0 Å². The van der Waals surface area contributed by atoms with Gasteiger partial charge in [-0.1, -0.05) is 13.8 Å². The summed E-state index contributed by atoms with van der Waals surface area (Å²) >= 11 is 4.98. The van der Waals surface area contributed by atoms with Crippen LogP contribution in [0, 0.1) is 4.77 Å². The van der Waals surface area contributed by atoms with Crippen LogP contribution in [0.2, 0.25) is 0 Å². The second-order valence-electron chi connectivity index (χ2n) is 2.42.